The van der Waals surface area contributed by atoms with Gasteiger partial charge in [0.1, 0.15) is 33.7 Å². The van der Waals surface area contributed by atoms with Crippen molar-refractivity contribution in [2.24, 2.45) is 0 Å². The van der Waals surface area contributed by atoms with Gasteiger partial charge in [0, 0.05) is 11.6 Å². The number of thiol groups is 1. The van der Waals surface area contributed by atoms with Crippen LogP contribution in [0.4, 0.5) is 0 Å². The van der Waals surface area contributed by atoms with Gasteiger partial charge in [-0.25, -0.2) is 4.68 Å². The second kappa shape index (κ2) is 6.27. The van der Waals surface area contributed by atoms with E-state index in [1.165, 1.54) is 16.8 Å². The van der Waals surface area contributed by atoms with Gasteiger partial charge in [-0.2, -0.15) is 0 Å². The summed E-state index contributed by atoms with van der Waals surface area (Å²) in [4.78, 5) is 0. The van der Waals surface area contributed by atoms with Crippen LogP contribution in [0.2, 0.25) is 0 Å². The second-order valence-corrected chi connectivity index (χ2v) is 6.16. The minimum absolute atomic E-state index is 0.0334. The minimum Gasteiger partial charge on any atom is -0.508 e. The average Bonchev–Trinajstić information content (AvgIpc) is 3.02. The molecule has 0 aliphatic carbocycles. The van der Waals surface area contributed by atoms with Gasteiger partial charge >= 0.3 is 0 Å². The third-order valence-electron chi connectivity index (χ3n) is 4.18. The summed E-state index contributed by atoms with van der Waals surface area (Å²) in [6, 6.07) is 16.0. The number of phenols is 2. The Balaban J connectivity index is 2.00. The normalized spacial score (nSPS) is 11.0. The Hall–Kier alpha value is -3.19. The van der Waals surface area contributed by atoms with Gasteiger partial charge in [-0.05, 0) is 35.0 Å². The zero-order chi connectivity index (χ0) is 18.3. The van der Waals surface area contributed by atoms with Gasteiger partial charge in [0.15, 0.2) is 0 Å². The average molecular weight is 365 g/mol. The van der Waals surface area contributed by atoms with Crippen LogP contribution in [0.25, 0.3) is 27.7 Å². The first-order valence-corrected chi connectivity index (χ1v) is 8.27. The van der Waals surface area contributed by atoms with Gasteiger partial charge in [-0.1, -0.05) is 29.5 Å². The quantitative estimate of drug-likeness (QED) is 0.481. The molecule has 0 atom stereocenters. The summed E-state index contributed by atoms with van der Waals surface area (Å²) in [6.07, 6.45) is 0. The van der Waals surface area contributed by atoms with E-state index in [2.05, 4.69) is 22.9 Å². The fraction of sp³-hybridized carbons (Fsp3) is 0.0526. The molecule has 7 heteroatoms. The van der Waals surface area contributed by atoms with Crippen molar-refractivity contribution in [3.05, 3.63) is 54.6 Å². The number of aromatic nitrogens is 3. The molecule has 0 radical (unpaired) electrons. The van der Waals surface area contributed by atoms with Crippen LogP contribution in [0.3, 0.4) is 0 Å². The number of benzene rings is 3. The number of hydrogen-bond donors (Lipinski definition) is 3. The van der Waals surface area contributed by atoms with Crippen LogP contribution < -0.4 is 4.74 Å². The van der Waals surface area contributed by atoms with E-state index >= 15 is 0 Å². The zero-order valence-electron chi connectivity index (χ0n) is 13.8. The third kappa shape index (κ3) is 2.62. The van der Waals surface area contributed by atoms with Crippen LogP contribution in [0, 0.1) is 0 Å². The van der Waals surface area contributed by atoms with Crippen molar-refractivity contribution in [2.75, 3.05) is 7.11 Å². The van der Waals surface area contributed by atoms with Gasteiger partial charge < -0.3 is 14.9 Å². The number of ether oxygens (including phenoxy) is 1. The highest BCUT2D eigenvalue weighted by Gasteiger charge is 2.19. The van der Waals surface area contributed by atoms with Crippen LogP contribution in [0.1, 0.15) is 0 Å². The summed E-state index contributed by atoms with van der Waals surface area (Å²) in [7, 11) is 1.62. The number of aromatic hydroxyl groups is 2. The Bertz CT molecular complexity index is 1120. The molecular formula is C19H15N3O3S. The van der Waals surface area contributed by atoms with E-state index in [1.807, 2.05) is 36.4 Å². The molecule has 3 aromatic carbocycles. The summed E-state index contributed by atoms with van der Waals surface area (Å²) in [5, 5.41) is 30.3. The van der Waals surface area contributed by atoms with E-state index in [-0.39, 0.29) is 11.5 Å². The standard InChI is InChI=1S/C19H15N3O3S/c1-25-13-7-5-11-3-2-4-14(15(11)10-13)18-19(26)20-21-22(18)16-8-6-12(23)9-17(16)24/h2-10,23-24,26H,1H3. The highest BCUT2D eigenvalue weighted by atomic mass is 32.1. The first-order chi connectivity index (χ1) is 12.6. The largest absolute Gasteiger partial charge is 0.508 e. The predicted octanol–water partition coefficient (Wildman–Crippen LogP) is 3.80. The minimum atomic E-state index is -0.109. The van der Waals surface area contributed by atoms with Crippen molar-refractivity contribution in [1.82, 2.24) is 15.0 Å². The third-order valence-corrected chi connectivity index (χ3v) is 4.49. The Morgan fingerprint density at radius 3 is 2.65 bits per heavy atom. The number of phenolic OH excluding ortho intramolecular Hbond substituents is 2. The molecule has 0 aliphatic heterocycles. The van der Waals surface area contributed by atoms with Crippen molar-refractivity contribution in [3.8, 4) is 34.2 Å². The van der Waals surface area contributed by atoms with Crippen LogP contribution in [-0.4, -0.2) is 32.3 Å². The molecule has 130 valence electrons. The van der Waals surface area contributed by atoms with E-state index in [9.17, 15) is 10.2 Å². The van der Waals surface area contributed by atoms with Crippen molar-refractivity contribution in [3.63, 3.8) is 0 Å². The molecule has 0 aliphatic rings. The summed E-state index contributed by atoms with van der Waals surface area (Å²) in [5.74, 6) is 0.591. The Morgan fingerprint density at radius 1 is 1.04 bits per heavy atom. The molecule has 0 bridgehead atoms. The van der Waals surface area contributed by atoms with Gasteiger partial charge in [-0.3, -0.25) is 0 Å². The summed E-state index contributed by atoms with van der Waals surface area (Å²) < 4.78 is 6.85. The highest BCUT2D eigenvalue weighted by molar-refractivity contribution is 7.80. The molecule has 0 spiro atoms. The van der Waals surface area contributed by atoms with Crippen LogP contribution >= 0.6 is 12.6 Å². The van der Waals surface area contributed by atoms with Crippen LogP contribution in [0.5, 0.6) is 17.2 Å². The van der Waals surface area contributed by atoms with E-state index < -0.39 is 0 Å². The molecule has 2 N–H and O–H groups in total. The van der Waals surface area contributed by atoms with E-state index in [0.717, 1.165) is 22.1 Å². The molecule has 26 heavy (non-hydrogen) atoms. The first kappa shape index (κ1) is 16.3. The van der Waals surface area contributed by atoms with Gasteiger partial charge in [0.05, 0.1) is 7.11 Å². The topological polar surface area (TPSA) is 80.4 Å². The molecular weight excluding hydrogens is 350 g/mol. The lowest BCUT2D eigenvalue weighted by Crippen LogP contribution is -2.00. The molecule has 4 rings (SSSR count). The van der Waals surface area contributed by atoms with E-state index in [0.29, 0.717) is 16.4 Å². The zero-order valence-corrected chi connectivity index (χ0v) is 14.7. The number of fused-ring (bicyclic) bond motifs is 1. The maximum atomic E-state index is 10.2. The molecule has 6 nitrogen and oxygen atoms in total. The highest BCUT2D eigenvalue weighted by Crippen LogP contribution is 2.36. The van der Waals surface area contributed by atoms with Crippen molar-refractivity contribution in [1.29, 1.82) is 0 Å². The van der Waals surface area contributed by atoms with Crippen molar-refractivity contribution < 1.29 is 14.9 Å². The smallest absolute Gasteiger partial charge is 0.145 e. The maximum absolute atomic E-state index is 10.2. The molecule has 0 fully saturated rings. The lowest BCUT2D eigenvalue weighted by Gasteiger charge is -2.12. The number of methoxy groups -OCH3 is 1. The SMILES string of the molecule is COc1ccc2cccc(-c3c(S)nnn3-c3ccc(O)cc3O)c2c1. The fourth-order valence-corrected chi connectivity index (χ4v) is 3.21. The Labute approximate surface area is 154 Å². The van der Waals surface area contributed by atoms with Crippen LogP contribution in [-0.2, 0) is 0 Å². The Kier molecular flexibility index (Phi) is 3.93. The van der Waals surface area contributed by atoms with Crippen molar-refractivity contribution >= 4 is 23.4 Å². The second-order valence-electron chi connectivity index (χ2n) is 5.74. The molecule has 0 amide bonds. The monoisotopic (exact) mass is 365 g/mol. The first-order valence-electron chi connectivity index (χ1n) is 7.82. The van der Waals surface area contributed by atoms with Gasteiger partial charge in [-0.15, -0.1) is 17.7 Å². The van der Waals surface area contributed by atoms with Crippen molar-refractivity contribution in [2.45, 2.75) is 5.03 Å². The molecule has 1 aromatic heterocycles. The summed E-state index contributed by atoms with van der Waals surface area (Å²) in [6.45, 7) is 0. The van der Waals surface area contributed by atoms with Crippen LogP contribution in [0.15, 0.2) is 59.6 Å². The molecule has 0 unspecified atom stereocenters. The number of nitrogens with zero attached hydrogens (tertiary/aromatic N) is 3. The van der Waals surface area contributed by atoms with Gasteiger partial charge in [0.2, 0.25) is 0 Å². The maximum Gasteiger partial charge on any atom is 0.145 e. The lowest BCUT2D eigenvalue weighted by molar-refractivity contribution is 0.415. The predicted molar refractivity (Wildman–Crippen MR) is 101 cm³/mol. The Morgan fingerprint density at radius 2 is 1.88 bits per heavy atom. The fourth-order valence-electron chi connectivity index (χ4n) is 2.95. The van der Waals surface area contributed by atoms with E-state index in [1.54, 1.807) is 13.2 Å². The summed E-state index contributed by atoms with van der Waals surface area (Å²) in [5.41, 5.74) is 1.88. The lowest BCUT2D eigenvalue weighted by atomic mass is 10.0. The molecule has 4 aromatic rings. The summed E-state index contributed by atoms with van der Waals surface area (Å²) >= 11 is 4.45. The molecule has 0 saturated carbocycles. The number of rotatable bonds is 3. The molecule has 1 heterocycles. The molecule has 0 saturated heterocycles. The van der Waals surface area contributed by atoms with Gasteiger partial charge in [0.25, 0.3) is 0 Å². The number of hydrogen-bond acceptors (Lipinski definition) is 6. The van der Waals surface area contributed by atoms with E-state index in [4.69, 9.17) is 4.74 Å².